The minimum atomic E-state index is 0.425. The first-order valence-electron chi connectivity index (χ1n) is 6.83. The van der Waals surface area contributed by atoms with Crippen molar-refractivity contribution in [2.24, 2.45) is 0 Å². The van der Waals surface area contributed by atoms with Gasteiger partial charge in [0.2, 0.25) is 11.2 Å². The SMILES string of the molecule is Cc1ccc(Oc2nn3cc(-c4cccnc4)nc3s2)c[n+]1[O-]. The van der Waals surface area contributed by atoms with Gasteiger partial charge in [-0.3, -0.25) is 4.98 Å². The van der Waals surface area contributed by atoms with Crippen LogP contribution in [0, 0.1) is 12.1 Å². The Labute approximate surface area is 135 Å². The van der Waals surface area contributed by atoms with E-state index in [2.05, 4.69) is 15.1 Å². The highest BCUT2D eigenvalue weighted by Crippen LogP contribution is 2.28. The van der Waals surface area contributed by atoms with Gasteiger partial charge in [-0.1, -0.05) is 0 Å². The molecule has 8 heteroatoms. The second kappa shape index (κ2) is 5.33. The first kappa shape index (κ1) is 13.6. The van der Waals surface area contributed by atoms with E-state index in [0.29, 0.717) is 21.6 Å². The van der Waals surface area contributed by atoms with Gasteiger partial charge in [0.15, 0.2) is 11.4 Å². The summed E-state index contributed by atoms with van der Waals surface area (Å²) >= 11 is 1.30. The fourth-order valence-corrected chi connectivity index (χ4v) is 2.83. The second-order valence-corrected chi connectivity index (χ2v) is 5.82. The highest BCUT2D eigenvalue weighted by atomic mass is 32.1. The topological polar surface area (TPSA) is 79.2 Å². The standard InChI is InChI=1S/C15H11N5O2S/c1-10-4-5-12(8-20(10)21)22-15-18-19-9-13(17-14(19)23-15)11-3-2-6-16-7-11/h2-9H,1H3. The van der Waals surface area contributed by atoms with Crippen molar-refractivity contribution in [3.05, 3.63) is 60.0 Å². The molecule has 0 unspecified atom stereocenters. The van der Waals surface area contributed by atoms with E-state index < -0.39 is 0 Å². The number of hydrogen-bond donors (Lipinski definition) is 0. The van der Waals surface area contributed by atoms with Gasteiger partial charge in [-0.15, -0.1) is 5.10 Å². The third kappa shape index (κ3) is 2.59. The molecule has 0 bridgehead atoms. The van der Waals surface area contributed by atoms with E-state index in [4.69, 9.17) is 4.74 Å². The maximum absolute atomic E-state index is 11.5. The molecule has 114 valence electrons. The Hall–Kier alpha value is -3.00. The third-order valence-corrected chi connectivity index (χ3v) is 4.07. The van der Waals surface area contributed by atoms with Gasteiger partial charge < -0.3 is 9.94 Å². The lowest BCUT2D eigenvalue weighted by molar-refractivity contribution is -0.612. The molecule has 4 aromatic heterocycles. The predicted octanol–water partition coefficient (Wildman–Crippen LogP) is 2.59. The van der Waals surface area contributed by atoms with Crippen molar-refractivity contribution in [3.63, 3.8) is 0 Å². The monoisotopic (exact) mass is 325 g/mol. The number of imidazole rings is 1. The first-order valence-corrected chi connectivity index (χ1v) is 7.65. The first-order chi connectivity index (χ1) is 11.2. The normalized spacial score (nSPS) is 11.0. The number of rotatable bonds is 3. The molecule has 0 aromatic carbocycles. The van der Waals surface area contributed by atoms with E-state index in [-0.39, 0.29) is 0 Å². The Kier molecular flexibility index (Phi) is 3.16. The van der Waals surface area contributed by atoms with Crippen molar-refractivity contribution in [1.29, 1.82) is 0 Å². The number of pyridine rings is 2. The minimum Gasteiger partial charge on any atom is -0.618 e. The van der Waals surface area contributed by atoms with Crippen LogP contribution >= 0.6 is 11.3 Å². The van der Waals surface area contributed by atoms with Crippen LogP contribution in [0.2, 0.25) is 0 Å². The molecule has 4 aromatic rings. The molecule has 23 heavy (non-hydrogen) atoms. The van der Waals surface area contributed by atoms with Gasteiger partial charge in [0.05, 0.1) is 11.9 Å². The van der Waals surface area contributed by atoms with Crippen molar-refractivity contribution >= 4 is 16.3 Å². The summed E-state index contributed by atoms with van der Waals surface area (Å²) < 4.78 is 8.03. The van der Waals surface area contributed by atoms with Gasteiger partial charge in [0.1, 0.15) is 0 Å². The lowest BCUT2D eigenvalue weighted by atomic mass is 10.2. The molecule has 4 heterocycles. The van der Waals surface area contributed by atoms with E-state index >= 15 is 0 Å². The highest BCUT2D eigenvalue weighted by Gasteiger charge is 2.12. The summed E-state index contributed by atoms with van der Waals surface area (Å²) in [6.07, 6.45) is 6.66. The highest BCUT2D eigenvalue weighted by molar-refractivity contribution is 7.18. The maximum Gasteiger partial charge on any atom is 0.300 e. The van der Waals surface area contributed by atoms with Crippen LogP contribution < -0.4 is 9.47 Å². The average Bonchev–Trinajstić information content (AvgIpc) is 3.10. The van der Waals surface area contributed by atoms with E-state index in [9.17, 15) is 5.21 Å². The third-order valence-electron chi connectivity index (χ3n) is 3.27. The summed E-state index contributed by atoms with van der Waals surface area (Å²) in [6.45, 7) is 1.73. The van der Waals surface area contributed by atoms with Gasteiger partial charge in [0.25, 0.3) is 5.19 Å². The Bertz CT molecular complexity index is 949. The van der Waals surface area contributed by atoms with Gasteiger partial charge in [-0.05, 0) is 29.5 Å². The zero-order valence-corrected chi connectivity index (χ0v) is 12.9. The van der Waals surface area contributed by atoms with Crippen molar-refractivity contribution in [2.45, 2.75) is 6.92 Å². The molecule has 0 amide bonds. The molecular weight excluding hydrogens is 314 g/mol. The molecule has 0 aliphatic carbocycles. The second-order valence-electron chi connectivity index (χ2n) is 4.90. The fraction of sp³-hybridized carbons (Fsp3) is 0.0667. The Morgan fingerprint density at radius 2 is 2.22 bits per heavy atom. The number of fused-ring (bicyclic) bond motifs is 1. The molecular formula is C15H11N5O2S. The van der Waals surface area contributed by atoms with Crippen molar-refractivity contribution in [2.75, 3.05) is 0 Å². The van der Waals surface area contributed by atoms with Crippen LogP contribution in [0.5, 0.6) is 10.9 Å². The van der Waals surface area contributed by atoms with Crippen molar-refractivity contribution in [1.82, 2.24) is 19.6 Å². The zero-order valence-electron chi connectivity index (χ0n) is 12.1. The van der Waals surface area contributed by atoms with Gasteiger partial charge in [0, 0.05) is 30.9 Å². The molecule has 7 nitrogen and oxygen atoms in total. The van der Waals surface area contributed by atoms with Crippen LogP contribution in [-0.2, 0) is 0 Å². The number of aromatic nitrogens is 5. The van der Waals surface area contributed by atoms with Gasteiger partial charge in [-0.25, -0.2) is 9.50 Å². The van der Waals surface area contributed by atoms with E-state index in [1.54, 1.807) is 36.0 Å². The van der Waals surface area contributed by atoms with Crippen LogP contribution in [0.3, 0.4) is 0 Å². The summed E-state index contributed by atoms with van der Waals surface area (Å²) in [5.41, 5.74) is 2.34. The molecule has 0 saturated carbocycles. The Morgan fingerprint density at radius 1 is 1.30 bits per heavy atom. The fourth-order valence-electron chi connectivity index (χ4n) is 2.07. The lowest BCUT2D eigenvalue weighted by Gasteiger charge is -2.02. The average molecular weight is 325 g/mol. The lowest BCUT2D eigenvalue weighted by Crippen LogP contribution is -2.28. The van der Waals surface area contributed by atoms with Crippen LogP contribution in [0.4, 0.5) is 0 Å². The summed E-state index contributed by atoms with van der Waals surface area (Å²) in [7, 11) is 0. The van der Waals surface area contributed by atoms with Crippen LogP contribution in [0.15, 0.2) is 49.1 Å². The summed E-state index contributed by atoms with van der Waals surface area (Å²) in [6, 6.07) is 7.23. The molecule has 0 N–H and O–H groups in total. The number of aryl methyl sites for hydroxylation is 1. The number of nitrogens with zero attached hydrogens (tertiary/aromatic N) is 5. The molecule has 0 aliphatic heterocycles. The summed E-state index contributed by atoms with van der Waals surface area (Å²) in [5, 5.41) is 16.3. The van der Waals surface area contributed by atoms with Crippen LogP contribution in [-0.4, -0.2) is 19.6 Å². The summed E-state index contributed by atoms with van der Waals surface area (Å²) in [4.78, 5) is 9.30. The van der Waals surface area contributed by atoms with Crippen molar-refractivity contribution in [3.8, 4) is 22.2 Å². The predicted molar refractivity (Wildman–Crippen MR) is 84.3 cm³/mol. The number of ether oxygens (including phenoxy) is 1. The molecule has 4 rings (SSSR count). The van der Waals surface area contributed by atoms with E-state index in [1.165, 1.54) is 17.5 Å². The molecule has 0 aliphatic rings. The minimum absolute atomic E-state index is 0.425. The quantitative estimate of drug-likeness (QED) is 0.427. The molecule has 0 radical (unpaired) electrons. The summed E-state index contributed by atoms with van der Waals surface area (Å²) in [5.74, 6) is 0.440. The smallest absolute Gasteiger partial charge is 0.300 e. The van der Waals surface area contributed by atoms with Gasteiger partial charge in [-0.2, -0.15) is 4.73 Å². The zero-order chi connectivity index (χ0) is 15.8. The largest absolute Gasteiger partial charge is 0.618 e. The van der Waals surface area contributed by atoms with Crippen molar-refractivity contribution < 1.29 is 9.47 Å². The van der Waals surface area contributed by atoms with Gasteiger partial charge >= 0.3 is 0 Å². The Balaban J connectivity index is 1.62. The van der Waals surface area contributed by atoms with Crippen LogP contribution in [0.1, 0.15) is 5.69 Å². The van der Waals surface area contributed by atoms with E-state index in [1.807, 2.05) is 18.3 Å². The number of hydrogen-bond acceptors (Lipinski definition) is 6. The molecule has 0 spiro atoms. The van der Waals surface area contributed by atoms with Crippen LogP contribution in [0.25, 0.3) is 16.2 Å². The molecule has 0 saturated heterocycles. The molecule has 0 fully saturated rings. The maximum atomic E-state index is 11.5. The van der Waals surface area contributed by atoms with E-state index in [0.717, 1.165) is 16.0 Å². The Morgan fingerprint density at radius 3 is 2.96 bits per heavy atom. The molecule has 0 atom stereocenters.